The van der Waals surface area contributed by atoms with Gasteiger partial charge in [0.05, 0.1) is 13.2 Å². The fraction of sp³-hybridized carbons (Fsp3) is 0.480. The first-order valence-electron chi connectivity index (χ1n) is 11.0. The van der Waals surface area contributed by atoms with Gasteiger partial charge in [-0.05, 0) is 86.1 Å². The Morgan fingerprint density at radius 2 is 1.93 bits per heavy atom. The number of hydrogen-bond donors (Lipinski definition) is 2. The Bertz CT molecular complexity index is 933. The smallest absolute Gasteiger partial charge is 0.251 e. The zero-order valence-corrected chi connectivity index (χ0v) is 18.7. The van der Waals surface area contributed by atoms with Crippen LogP contribution in [0.3, 0.4) is 0 Å². The molecule has 1 atom stereocenters. The topological polar surface area (TPSA) is 53.6 Å². The van der Waals surface area contributed by atoms with Crippen molar-refractivity contribution in [3.8, 4) is 0 Å². The minimum atomic E-state index is -0.0236. The number of carbonyl (C=O) groups is 1. The van der Waals surface area contributed by atoms with E-state index in [9.17, 15) is 4.79 Å². The lowest BCUT2D eigenvalue weighted by molar-refractivity contribution is -0.117. The van der Waals surface area contributed by atoms with Gasteiger partial charge in [0.15, 0.2) is 0 Å². The van der Waals surface area contributed by atoms with E-state index in [0.717, 1.165) is 61.6 Å². The average molecular weight is 408 g/mol. The van der Waals surface area contributed by atoms with Crippen LogP contribution in [0.15, 0.2) is 69.1 Å². The van der Waals surface area contributed by atoms with Gasteiger partial charge in [0, 0.05) is 42.6 Å². The molecule has 30 heavy (non-hydrogen) atoms. The lowest BCUT2D eigenvalue weighted by Gasteiger charge is -2.34. The Balaban J connectivity index is 1.48. The van der Waals surface area contributed by atoms with E-state index in [1.54, 1.807) is 0 Å². The third kappa shape index (κ3) is 4.09. The number of allylic oxidation sites excluding steroid dienone is 5. The van der Waals surface area contributed by atoms with Gasteiger partial charge in [-0.2, -0.15) is 0 Å². The fourth-order valence-corrected chi connectivity index (χ4v) is 4.73. The Hall–Kier alpha value is -2.37. The van der Waals surface area contributed by atoms with Gasteiger partial charge in [-0.25, -0.2) is 0 Å². The van der Waals surface area contributed by atoms with E-state index in [2.05, 4.69) is 49.0 Å². The minimum Gasteiger partial charge on any atom is -0.379 e. The molecule has 2 aliphatic heterocycles. The molecule has 2 N–H and O–H groups in total. The number of hydrogen-bond acceptors (Lipinski definition) is 4. The first-order valence-corrected chi connectivity index (χ1v) is 11.0. The lowest BCUT2D eigenvalue weighted by atomic mass is 9.97. The number of ether oxygens (including phenoxy) is 1. The molecule has 1 unspecified atom stereocenters. The monoisotopic (exact) mass is 407 g/mol. The van der Waals surface area contributed by atoms with Crippen LogP contribution < -0.4 is 10.6 Å². The van der Waals surface area contributed by atoms with E-state index in [-0.39, 0.29) is 11.9 Å². The van der Waals surface area contributed by atoms with Gasteiger partial charge < -0.3 is 15.4 Å². The third-order valence-electron chi connectivity index (χ3n) is 6.54. The Labute approximate surface area is 179 Å². The van der Waals surface area contributed by atoms with Crippen molar-refractivity contribution in [3.63, 3.8) is 0 Å². The number of dihydropyridines is 1. The molecule has 2 fully saturated rings. The highest BCUT2D eigenvalue weighted by molar-refractivity contribution is 6.00. The van der Waals surface area contributed by atoms with Crippen molar-refractivity contribution in [2.24, 2.45) is 0 Å². The van der Waals surface area contributed by atoms with E-state index in [1.165, 1.54) is 28.0 Å². The first kappa shape index (κ1) is 20.9. The van der Waals surface area contributed by atoms with Crippen LogP contribution in [-0.2, 0) is 9.53 Å². The molecule has 0 bridgehead atoms. The lowest BCUT2D eigenvalue weighted by Crippen LogP contribution is -2.43. The van der Waals surface area contributed by atoms with Crippen molar-refractivity contribution in [2.45, 2.75) is 46.6 Å². The number of rotatable bonds is 5. The Morgan fingerprint density at radius 3 is 2.60 bits per heavy atom. The van der Waals surface area contributed by atoms with Gasteiger partial charge in [0.2, 0.25) is 0 Å². The van der Waals surface area contributed by atoms with E-state index >= 15 is 0 Å². The van der Waals surface area contributed by atoms with Crippen LogP contribution in [0.4, 0.5) is 0 Å². The van der Waals surface area contributed by atoms with E-state index in [0.29, 0.717) is 6.54 Å². The van der Waals surface area contributed by atoms with Crippen molar-refractivity contribution in [3.05, 3.63) is 69.1 Å². The van der Waals surface area contributed by atoms with E-state index in [4.69, 9.17) is 4.74 Å². The molecule has 0 aromatic heterocycles. The summed E-state index contributed by atoms with van der Waals surface area (Å²) < 4.78 is 5.49. The standard InChI is InChI=1S/C25H33N3O2/c1-15-12-17(3)27-24(20-6-7-20)22(15)14-26-25(29)21-13-16(2)23(18(21)4)19(5)28-8-10-30-11-9-28/h12-13,19,27H,2,6-11,14H2,1,3-5H3,(H,26,29). The molecule has 0 aromatic carbocycles. The molecule has 5 nitrogen and oxygen atoms in total. The van der Waals surface area contributed by atoms with Crippen LogP contribution >= 0.6 is 0 Å². The summed E-state index contributed by atoms with van der Waals surface area (Å²) in [5.74, 6) is -0.0236. The highest BCUT2D eigenvalue weighted by atomic mass is 16.5. The van der Waals surface area contributed by atoms with Gasteiger partial charge in [-0.3, -0.25) is 9.69 Å². The summed E-state index contributed by atoms with van der Waals surface area (Å²) in [5, 5.41) is 6.67. The average Bonchev–Trinajstić information content (AvgIpc) is 3.52. The van der Waals surface area contributed by atoms with Crippen LogP contribution in [-0.4, -0.2) is 49.7 Å². The normalized spacial score (nSPS) is 23.4. The predicted molar refractivity (Wildman–Crippen MR) is 121 cm³/mol. The maximum Gasteiger partial charge on any atom is 0.251 e. The highest BCUT2D eigenvalue weighted by Gasteiger charge is 2.30. The van der Waals surface area contributed by atoms with Crippen LogP contribution in [0.25, 0.3) is 0 Å². The summed E-state index contributed by atoms with van der Waals surface area (Å²) in [7, 11) is 0. The molecule has 2 aliphatic carbocycles. The molecular formula is C25H33N3O2. The number of morpholine rings is 1. The van der Waals surface area contributed by atoms with Crippen molar-refractivity contribution >= 4 is 5.91 Å². The van der Waals surface area contributed by atoms with Crippen molar-refractivity contribution in [1.29, 1.82) is 0 Å². The zero-order valence-electron chi connectivity index (χ0n) is 18.7. The third-order valence-corrected chi connectivity index (χ3v) is 6.54. The minimum absolute atomic E-state index is 0.0236. The largest absolute Gasteiger partial charge is 0.379 e. The molecule has 0 spiro atoms. The van der Waals surface area contributed by atoms with E-state index < -0.39 is 0 Å². The molecule has 2 heterocycles. The Morgan fingerprint density at radius 1 is 1.23 bits per heavy atom. The van der Waals surface area contributed by atoms with Crippen LogP contribution in [0, 0.1) is 0 Å². The number of amides is 1. The molecule has 160 valence electrons. The summed E-state index contributed by atoms with van der Waals surface area (Å²) in [6.07, 6.45) is 6.39. The van der Waals surface area contributed by atoms with E-state index in [1.807, 2.05) is 13.0 Å². The molecule has 5 heteroatoms. The predicted octanol–water partition coefficient (Wildman–Crippen LogP) is 3.51. The summed E-state index contributed by atoms with van der Waals surface area (Å²) in [5.41, 5.74) is 10.2. The van der Waals surface area contributed by atoms with Crippen LogP contribution in [0.1, 0.15) is 40.5 Å². The molecular weight excluding hydrogens is 374 g/mol. The van der Waals surface area contributed by atoms with Gasteiger partial charge in [0.1, 0.15) is 0 Å². The molecule has 1 amide bonds. The molecule has 4 aliphatic rings. The second-order valence-corrected chi connectivity index (χ2v) is 8.72. The van der Waals surface area contributed by atoms with Gasteiger partial charge in [-0.15, -0.1) is 0 Å². The molecule has 0 aromatic rings. The van der Waals surface area contributed by atoms with Crippen LogP contribution in [0.2, 0.25) is 0 Å². The number of carbonyl (C=O) groups excluding carboxylic acids is 1. The van der Waals surface area contributed by atoms with Crippen molar-refractivity contribution in [1.82, 2.24) is 15.5 Å². The summed E-state index contributed by atoms with van der Waals surface area (Å²) >= 11 is 0. The number of nitrogens with one attached hydrogen (secondary N) is 2. The van der Waals surface area contributed by atoms with Crippen LogP contribution in [0.5, 0.6) is 0 Å². The number of nitrogens with zero attached hydrogens (tertiary/aromatic N) is 1. The zero-order chi connectivity index (χ0) is 21.4. The molecule has 4 rings (SSSR count). The maximum absolute atomic E-state index is 13.1. The maximum atomic E-state index is 13.1. The first-order chi connectivity index (χ1) is 14.4. The Kier molecular flexibility index (Phi) is 5.85. The second kappa shape index (κ2) is 8.40. The molecule has 1 saturated heterocycles. The van der Waals surface area contributed by atoms with Gasteiger partial charge >= 0.3 is 0 Å². The summed E-state index contributed by atoms with van der Waals surface area (Å²) in [6, 6.07) is 0.231. The van der Waals surface area contributed by atoms with Crippen molar-refractivity contribution < 1.29 is 9.53 Å². The molecule has 1 saturated carbocycles. The quantitative estimate of drug-likeness (QED) is 0.732. The van der Waals surface area contributed by atoms with Gasteiger partial charge in [0.25, 0.3) is 5.91 Å². The van der Waals surface area contributed by atoms with Crippen molar-refractivity contribution in [2.75, 3.05) is 32.8 Å². The van der Waals surface area contributed by atoms with Gasteiger partial charge in [-0.1, -0.05) is 6.58 Å². The molecule has 0 radical (unpaired) electrons. The fourth-order valence-electron chi connectivity index (χ4n) is 4.73. The SMILES string of the molecule is C=C1C=C(C(=O)NCC2=C(C)C=C(C)NC2=C2CC2)C(C)=C1C(C)N1CCOCC1. The highest BCUT2D eigenvalue weighted by Crippen LogP contribution is 2.37. The summed E-state index contributed by atoms with van der Waals surface area (Å²) in [6.45, 7) is 16.6. The second-order valence-electron chi connectivity index (χ2n) is 8.72. The summed E-state index contributed by atoms with van der Waals surface area (Å²) in [4.78, 5) is 15.5.